The van der Waals surface area contributed by atoms with Gasteiger partial charge < -0.3 is 5.11 Å². The normalized spacial score (nSPS) is 33.2. The molecule has 0 aliphatic heterocycles. The van der Waals surface area contributed by atoms with Crippen molar-refractivity contribution in [1.82, 2.24) is 0 Å². The van der Waals surface area contributed by atoms with E-state index in [1.54, 1.807) is 0 Å². The minimum absolute atomic E-state index is 0.0348. The maximum Gasteiger partial charge on any atom is 0.0573 e. The van der Waals surface area contributed by atoms with Gasteiger partial charge in [-0.2, -0.15) is 0 Å². The zero-order valence-electron chi connectivity index (χ0n) is 9.29. The van der Waals surface area contributed by atoms with Crippen molar-refractivity contribution in [1.29, 1.82) is 0 Å². The molecule has 0 spiro atoms. The molecule has 1 nitrogen and oxygen atoms in total. The smallest absolute Gasteiger partial charge is 0.0573 e. The van der Waals surface area contributed by atoms with Crippen molar-refractivity contribution in [3.8, 4) is 0 Å². The summed E-state index contributed by atoms with van der Waals surface area (Å²) in [5.41, 5.74) is 0. The molecule has 13 heavy (non-hydrogen) atoms. The van der Waals surface area contributed by atoms with E-state index < -0.39 is 0 Å². The maximum atomic E-state index is 10.0. The Morgan fingerprint density at radius 1 is 1.38 bits per heavy atom. The van der Waals surface area contributed by atoms with Crippen molar-refractivity contribution in [2.45, 2.75) is 59.0 Å². The Morgan fingerprint density at radius 2 is 2.08 bits per heavy atom. The van der Waals surface area contributed by atoms with Gasteiger partial charge in [-0.3, -0.25) is 0 Å². The van der Waals surface area contributed by atoms with Crippen LogP contribution in [0, 0.1) is 17.8 Å². The molecule has 0 saturated heterocycles. The zero-order valence-corrected chi connectivity index (χ0v) is 9.29. The Morgan fingerprint density at radius 3 is 2.54 bits per heavy atom. The number of rotatable bonds is 4. The van der Waals surface area contributed by atoms with Crippen LogP contribution < -0.4 is 0 Å². The van der Waals surface area contributed by atoms with Crippen molar-refractivity contribution < 1.29 is 5.11 Å². The molecule has 78 valence electrons. The third kappa shape index (κ3) is 2.98. The van der Waals surface area contributed by atoms with Crippen LogP contribution in [-0.4, -0.2) is 11.2 Å². The summed E-state index contributed by atoms with van der Waals surface area (Å²) in [5, 5.41) is 10.0. The van der Waals surface area contributed by atoms with Gasteiger partial charge in [0, 0.05) is 0 Å². The minimum atomic E-state index is -0.0348. The Kier molecular flexibility index (Phi) is 4.24. The fourth-order valence-corrected chi connectivity index (χ4v) is 2.50. The van der Waals surface area contributed by atoms with Gasteiger partial charge in [-0.05, 0) is 30.6 Å². The summed E-state index contributed by atoms with van der Waals surface area (Å²) in [6.07, 6.45) is 6.06. The maximum absolute atomic E-state index is 10.0. The predicted octanol–water partition coefficient (Wildman–Crippen LogP) is 3.22. The van der Waals surface area contributed by atoms with Gasteiger partial charge in [-0.15, -0.1) is 0 Å². The summed E-state index contributed by atoms with van der Waals surface area (Å²) in [6.45, 7) is 6.73. The lowest BCUT2D eigenvalue weighted by Crippen LogP contribution is -2.24. The first-order chi connectivity index (χ1) is 6.15. The van der Waals surface area contributed by atoms with Gasteiger partial charge in [0.2, 0.25) is 0 Å². The van der Waals surface area contributed by atoms with Crippen molar-refractivity contribution in [2.75, 3.05) is 0 Å². The third-order valence-corrected chi connectivity index (χ3v) is 3.76. The Labute approximate surface area is 82.5 Å². The fourth-order valence-electron chi connectivity index (χ4n) is 2.50. The van der Waals surface area contributed by atoms with Crippen LogP contribution in [0.2, 0.25) is 0 Å². The number of aliphatic hydroxyl groups excluding tert-OH is 1. The van der Waals surface area contributed by atoms with Gasteiger partial charge in [-0.25, -0.2) is 0 Å². The van der Waals surface area contributed by atoms with E-state index in [9.17, 15) is 5.11 Å². The first-order valence-corrected chi connectivity index (χ1v) is 5.83. The fraction of sp³-hybridized carbons (Fsp3) is 1.00. The van der Waals surface area contributed by atoms with Crippen LogP contribution in [0.4, 0.5) is 0 Å². The number of aliphatic hydroxyl groups is 1. The molecule has 1 heteroatoms. The summed E-state index contributed by atoms with van der Waals surface area (Å²) in [6, 6.07) is 0. The molecule has 0 bridgehead atoms. The van der Waals surface area contributed by atoms with E-state index in [1.165, 1.54) is 25.7 Å². The van der Waals surface area contributed by atoms with E-state index in [4.69, 9.17) is 0 Å². The van der Waals surface area contributed by atoms with Crippen LogP contribution in [0.5, 0.6) is 0 Å². The third-order valence-electron chi connectivity index (χ3n) is 3.76. The molecule has 0 aromatic rings. The van der Waals surface area contributed by atoms with Crippen LogP contribution in [0.3, 0.4) is 0 Å². The molecule has 1 aliphatic carbocycles. The van der Waals surface area contributed by atoms with E-state index >= 15 is 0 Å². The molecule has 1 saturated carbocycles. The largest absolute Gasteiger partial charge is 0.393 e. The van der Waals surface area contributed by atoms with Gasteiger partial charge >= 0.3 is 0 Å². The molecule has 0 heterocycles. The van der Waals surface area contributed by atoms with Crippen LogP contribution in [0.1, 0.15) is 52.9 Å². The van der Waals surface area contributed by atoms with E-state index in [2.05, 4.69) is 20.8 Å². The number of hydrogen-bond acceptors (Lipinski definition) is 1. The SMILES string of the molecule is CCC(C)CC(O)C1CCCC1C. The van der Waals surface area contributed by atoms with E-state index in [1.807, 2.05) is 0 Å². The first-order valence-electron chi connectivity index (χ1n) is 5.83. The molecule has 0 radical (unpaired) electrons. The quantitative estimate of drug-likeness (QED) is 0.711. The highest BCUT2D eigenvalue weighted by Crippen LogP contribution is 2.35. The summed E-state index contributed by atoms with van der Waals surface area (Å²) in [5.74, 6) is 2.02. The highest BCUT2D eigenvalue weighted by atomic mass is 16.3. The van der Waals surface area contributed by atoms with E-state index in [0.717, 1.165) is 12.3 Å². The average molecular weight is 184 g/mol. The highest BCUT2D eigenvalue weighted by Gasteiger charge is 2.29. The summed E-state index contributed by atoms with van der Waals surface area (Å²) >= 11 is 0. The molecular weight excluding hydrogens is 160 g/mol. The second kappa shape index (κ2) is 4.99. The lowest BCUT2D eigenvalue weighted by molar-refractivity contribution is 0.0679. The topological polar surface area (TPSA) is 20.2 Å². The molecule has 1 N–H and O–H groups in total. The number of hydrogen-bond donors (Lipinski definition) is 1. The zero-order chi connectivity index (χ0) is 9.84. The van der Waals surface area contributed by atoms with Gasteiger partial charge in [0.05, 0.1) is 6.10 Å². The van der Waals surface area contributed by atoms with Gasteiger partial charge in [-0.1, -0.05) is 40.0 Å². The Balaban J connectivity index is 2.33. The second-order valence-corrected chi connectivity index (χ2v) is 4.89. The molecular formula is C12H24O. The molecule has 4 unspecified atom stereocenters. The van der Waals surface area contributed by atoms with Crippen LogP contribution >= 0.6 is 0 Å². The minimum Gasteiger partial charge on any atom is -0.393 e. The summed E-state index contributed by atoms with van der Waals surface area (Å²) in [7, 11) is 0. The van der Waals surface area contributed by atoms with Crippen LogP contribution in [-0.2, 0) is 0 Å². The lowest BCUT2D eigenvalue weighted by Gasteiger charge is -2.24. The standard InChI is InChI=1S/C12H24O/c1-4-9(2)8-12(13)11-7-5-6-10(11)3/h9-13H,4-8H2,1-3H3. The Bertz CT molecular complexity index is 144. The van der Waals surface area contributed by atoms with Crippen molar-refractivity contribution >= 4 is 0 Å². The first kappa shape index (κ1) is 11.0. The molecule has 0 aromatic heterocycles. The second-order valence-electron chi connectivity index (χ2n) is 4.89. The van der Waals surface area contributed by atoms with Crippen molar-refractivity contribution in [3.05, 3.63) is 0 Å². The monoisotopic (exact) mass is 184 g/mol. The Hall–Kier alpha value is -0.0400. The van der Waals surface area contributed by atoms with Gasteiger partial charge in [0.15, 0.2) is 0 Å². The summed E-state index contributed by atoms with van der Waals surface area (Å²) < 4.78 is 0. The van der Waals surface area contributed by atoms with Crippen molar-refractivity contribution in [2.24, 2.45) is 17.8 Å². The molecule has 1 rings (SSSR count). The van der Waals surface area contributed by atoms with Crippen LogP contribution in [0.25, 0.3) is 0 Å². The molecule has 0 aromatic carbocycles. The summed E-state index contributed by atoms with van der Waals surface area (Å²) in [4.78, 5) is 0. The predicted molar refractivity (Wildman–Crippen MR) is 56.6 cm³/mol. The van der Waals surface area contributed by atoms with Crippen molar-refractivity contribution in [3.63, 3.8) is 0 Å². The average Bonchev–Trinajstić information content (AvgIpc) is 2.51. The highest BCUT2D eigenvalue weighted by molar-refractivity contribution is 4.80. The van der Waals surface area contributed by atoms with E-state index in [0.29, 0.717) is 11.8 Å². The molecule has 4 atom stereocenters. The molecule has 1 aliphatic rings. The lowest BCUT2D eigenvalue weighted by atomic mass is 9.86. The van der Waals surface area contributed by atoms with Crippen LogP contribution in [0.15, 0.2) is 0 Å². The molecule has 1 fully saturated rings. The van der Waals surface area contributed by atoms with E-state index in [-0.39, 0.29) is 6.10 Å². The van der Waals surface area contributed by atoms with Gasteiger partial charge in [0.25, 0.3) is 0 Å². The van der Waals surface area contributed by atoms with Gasteiger partial charge in [0.1, 0.15) is 0 Å². The molecule has 0 amide bonds.